The first-order valence-electron chi connectivity index (χ1n) is 24.0. The van der Waals surface area contributed by atoms with Gasteiger partial charge in [0.25, 0.3) is 23.6 Å². The predicted molar refractivity (Wildman–Crippen MR) is 274 cm³/mol. The molecule has 2 N–H and O–H groups in total. The first-order valence-corrected chi connectivity index (χ1v) is 24.7. The van der Waals surface area contributed by atoms with Gasteiger partial charge in [-0.1, -0.05) is 59.6 Å². The van der Waals surface area contributed by atoms with E-state index in [0.29, 0.717) is 62.4 Å². The number of ether oxygens (including phenoxy) is 4. The number of methoxy groups -OCH3 is 4. The van der Waals surface area contributed by atoms with Crippen molar-refractivity contribution in [2.24, 2.45) is 0 Å². The van der Waals surface area contributed by atoms with E-state index in [4.69, 9.17) is 42.1 Å². The summed E-state index contributed by atoms with van der Waals surface area (Å²) in [6, 6.07) is 21.6. The second-order valence-corrected chi connectivity index (χ2v) is 18.4. The molecule has 0 atom stereocenters. The lowest BCUT2D eigenvalue weighted by Gasteiger charge is -2.23. The minimum atomic E-state index is -0.407. The van der Waals surface area contributed by atoms with Gasteiger partial charge in [0.2, 0.25) is 11.8 Å². The molecule has 384 valence electrons. The van der Waals surface area contributed by atoms with E-state index in [0.717, 1.165) is 33.4 Å². The molecule has 4 aromatic carbocycles. The van der Waals surface area contributed by atoms with E-state index in [9.17, 15) is 28.8 Å². The molecule has 0 bridgehead atoms. The van der Waals surface area contributed by atoms with Gasteiger partial charge in [-0.3, -0.25) is 28.8 Å². The van der Waals surface area contributed by atoms with Crippen molar-refractivity contribution in [3.63, 3.8) is 0 Å². The monoisotopic (exact) mass is 1030 g/mol. The predicted octanol–water partition coefficient (Wildman–Crippen LogP) is 6.13. The van der Waals surface area contributed by atoms with Gasteiger partial charge in [0.05, 0.1) is 48.7 Å². The van der Waals surface area contributed by atoms with Crippen LogP contribution in [0.3, 0.4) is 0 Å². The van der Waals surface area contributed by atoms with E-state index >= 15 is 0 Å². The van der Waals surface area contributed by atoms with Crippen molar-refractivity contribution in [2.75, 3.05) is 94.1 Å². The molecule has 0 radical (unpaired) electrons. The molecule has 6 rings (SSSR count). The van der Waals surface area contributed by atoms with Crippen LogP contribution >= 0.6 is 23.2 Å². The standard InChI is InChI=1S/C54H64Cl2N6O10/c1-69-25-21-59(22-26-70-2)53(67)47-31-41-35-61(33-39(41)29-45(47)51(65)57-19-17-37-9-13-43(55)14-10-37)49(63)7-5-6-8-50(64)62-34-40-30-46(52(66)58-20-18-38-11-15-44(56)16-12-38)48(32-42(40)36-62)54(68)60(23-27-71-3)24-28-72-4/h5-6,9-16,29-32H,7-8,17-28,33-36H2,1-4H3,(H,57,65)(H,58,66)/b6-5+. The summed E-state index contributed by atoms with van der Waals surface area (Å²) in [5.74, 6) is -1.89. The molecule has 0 saturated carbocycles. The number of nitrogens with one attached hydrogen (secondary N) is 2. The fourth-order valence-corrected chi connectivity index (χ4v) is 8.77. The van der Waals surface area contributed by atoms with Crippen molar-refractivity contribution in [1.29, 1.82) is 0 Å². The van der Waals surface area contributed by atoms with Gasteiger partial charge in [0, 0.05) is 117 Å². The largest absolute Gasteiger partial charge is 0.383 e. The van der Waals surface area contributed by atoms with Gasteiger partial charge in [0.15, 0.2) is 0 Å². The third-order valence-electron chi connectivity index (χ3n) is 12.6. The molecule has 0 unspecified atom stereocenters. The molecule has 0 aromatic heterocycles. The molecule has 4 aromatic rings. The van der Waals surface area contributed by atoms with Crippen LogP contribution in [0.5, 0.6) is 0 Å². The SMILES string of the molecule is COCCN(CCOC)C(=O)c1cc2c(cc1C(=O)NCCc1ccc(Cl)cc1)CN(C(=O)C/C=C/CC(=O)N1Cc3cc(C(=O)NCCc4ccc(Cl)cc4)c(C(=O)N(CCOC)CCOC)cc3C1)C2. The number of nitrogens with zero attached hydrogens (tertiary/aromatic N) is 4. The Morgan fingerprint density at radius 1 is 0.500 bits per heavy atom. The highest BCUT2D eigenvalue weighted by atomic mass is 35.5. The summed E-state index contributed by atoms with van der Waals surface area (Å²) in [5.41, 5.74) is 5.90. The van der Waals surface area contributed by atoms with Gasteiger partial charge in [-0.05, 0) is 94.8 Å². The lowest BCUT2D eigenvalue weighted by atomic mass is 9.98. The lowest BCUT2D eigenvalue weighted by Crippen LogP contribution is -2.38. The quantitative estimate of drug-likeness (QED) is 0.0697. The summed E-state index contributed by atoms with van der Waals surface area (Å²) in [7, 11) is 6.21. The number of rotatable bonds is 26. The summed E-state index contributed by atoms with van der Waals surface area (Å²) >= 11 is 12.1. The minimum Gasteiger partial charge on any atom is -0.383 e. The zero-order chi connectivity index (χ0) is 51.6. The number of carbonyl (C=O) groups excluding carboxylic acids is 6. The molecule has 0 saturated heterocycles. The molecule has 0 spiro atoms. The molecular weight excluding hydrogens is 964 g/mol. The highest BCUT2D eigenvalue weighted by Crippen LogP contribution is 2.30. The summed E-state index contributed by atoms with van der Waals surface area (Å²) < 4.78 is 21.1. The van der Waals surface area contributed by atoms with E-state index in [1.807, 2.05) is 24.3 Å². The Kier molecular flexibility index (Phi) is 21.2. The molecule has 18 heteroatoms. The molecular formula is C54H64Cl2N6O10. The van der Waals surface area contributed by atoms with Gasteiger partial charge in [0.1, 0.15) is 0 Å². The Balaban J connectivity index is 1.10. The average Bonchev–Trinajstić information content (AvgIpc) is 4.02. The highest BCUT2D eigenvalue weighted by molar-refractivity contribution is 6.30. The van der Waals surface area contributed by atoms with E-state index in [1.54, 1.807) is 109 Å². The van der Waals surface area contributed by atoms with Crippen LogP contribution in [-0.2, 0) is 67.6 Å². The Hall–Kier alpha value is -6.14. The lowest BCUT2D eigenvalue weighted by molar-refractivity contribution is -0.131. The summed E-state index contributed by atoms with van der Waals surface area (Å²) in [6.07, 6.45) is 4.50. The van der Waals surface area contributed by atoms with Crippen molar-refractivity contribution < 1.29 is 47.7 Å². The first kappa shape index (κ1) is 55.2. The van der Waals surface area contributed by atoms with Gasteiger partial charge < -0.3 is 49.2 Å². The maximum atomic E-state index is 14.1. The zero-order valence-electron chi connectivity index (χ0n) is 41.4. The van der Waals surface area contributed by atoms with Crippen LogP contribution < -0.4 is 10.6 Å². The number of carbonyl (C=O) groups is 6. The van der Waals surface area contributed by atoms with Gasteiger partial charge in [-0.25, -0.2) is 0 Å². The number of halogens is 2. The van der Waals surface area contributed by atoms with Crippen LogP contribution in [0.2, 0.25) is 10.0 Å². The first-order chi connectivity index (χ1) is 34.8. The average molecular weight is 1030 g/mol. The Morgan fingerprint density at radius 2 is 0.806 bits per heavy atom. The van der Waals surface area contributed by atoms with Crippen LogP contribution in [0.15, 0.2) is 84.9 Å². The Labute approximate surface area is 431 Å². The zero-order valence-corrected chi connectivity index (χ0v) is 42.9. The van der Waals surface area contributed by atoms with Gasteiger partial charge in [-0.2, -0.15) is 0 Å². The van der Waals surface area contributed by atoms with Crippen molar-refractivity contribution >= 4 is 58.6 Å². The van der Waals surface area contributed by atoms with Crippen molar-refractivity contribution in [1.82, 2.24) is 30.2 Å². The Morgan fingerprint density at radius 3 is 1.11 bits per heavy atom. The minimum absolute atomic E-state index is 0.0255. The van der Waals surface area contributed by atoms with E-state index in [1.165, 1.54) is 0 Å². The van der Waals surface area contributed by atoms with E-state index in [-0.39, 0.29) is 111 Å². The van der Waals surface area contributed by atoms with Crippen LogP contribution in [-0.4, -0.2) is 149 Å². The van der Waals surface area contributed by atoms with Crippen molar-refractivity contribution in [3.8, 4) is 0 Å². The number of benzene rings is 4. The number of hydrogen-bond acceptors (Lipinski definition) is 10. The fraction of sp³-hybridized carbons (Fsp3) is 0.407. The van der Waals surface area contributed by atoms with E-state index in [2.05, 4.69) is 10.6 Å². The van der Waals surface area contributed by atoms with Crippen LogP contribution in [0.4, 0.5) is 0 Å². The van der Waals surface area contributed by atoms with Crippen LogP contribution in [0, 0.1) is 0 Å². The number of amides is 6. The molecule has 0 fully saturated rings. The molecule has 0 aliphatic carbocycles. The molecule has 16 nitrogen and oxygen atoms in total. The van der Waals surface area contributed by atoms with Crippen LogP contribution in [0.1, 0.15) is 87.7 Å². The fourth-order valence-electron chi connectivity index (χ4n) is 8.52. The number of hydrogen-bond donors (Lipinski definition) is 2. The van der Waals surface area contributed by atoms with E-state index < -0.39 is 11.8 Å². The molecule has 2 heterocycles. The molecule has 2 aliphatic rings. The second kappa shape index (κ2) is 27.6. The van der Waals surface area contributed by atoms with Crippen molar-refractivity contribution in [3.05, 3.63) is 151 Å². The molecule has 2 aliphatic heterocycles. The highest BCUT2D eigenvalue weighted by Gasteiger charge is 2.31. The third-order valence-corrected chi connectivity index (χ3v) is 13.1. The summed E-state index contributed by atoms with van der Waals surface area (Å²) in [5, 5.41) is 7.16. The Bertz CT molecular complexity index is 2380. The maximum Gasteiger partial charge on any atom is 0.254 e. The molecule has 6 amide bonds. The van der Waals surface area contributed by atoms with Crippen LogP contribution in [0.25, 0.3) is 0 Å². The van der Waals surface area contributed by atoms with Gasteiger partial charge in [-0.15, -0.1) is 0 Å². The summed E-state index contributed by atoms with van der Waals surface area (Å²) in [4.78, 5) is 89.7. The third kappa shape index (κ3) is 15.2. The normalized spacial score (nSPS) is 12.8. The smallest absolute Gasteiger partial charge is 0.254 e. The van der Waals surface area contributed by atoms with Crippen molar-refractivity contribution in [2.45, 2.75) is 51.9 Å². The topological polar surface area (TPSA) is 176 Å². The maximum absolute atomic E-state index is 14.1. The molecule has 72 heavy (non-hydrogen) atoms. The number of fused-ring (bicyclic) bond motifs is 2. The van der Waals surface area contributed by atoms with Gasteiger partial charge >= 0.3 is 0 Å². The second-order valence-electron chi connectivity index (χ2n) is 17.5. The summed E-state index contributed by atoms with van der Waals surface area (Å²) in [6.45, 7) is 3.93.